The maximum Gasteiger partial charge on any atom is 0.272 e. The molecular weight excluding hydrogens is 344 g/mol. The molecule has 24 heavy (non-hydrogen) atoms. The molecule has 5 nitrogen and oxygen atoms in total. The van der Waals surface area contributed by atoms with Crippen LogP contribution in [0.25, 0.3) is 10.2 Å². The summed E-state index contributed by atoms with van der Waals surface area (Å²) in [6, 6.07) is 9.37. The van der Waals surface area contributed by atoms with Gasteiger partial charge < -0.3 is 9.47 Å². The highest BCUT2D eigenvalue weighted by atomic mass is 32.2. The molecule has 0 bridgehead atoms. The predicted octanol–water partition coefficient (Wildman–Crippen LogP) is 3.66. The molecule has 2 heterocycles. The molecule has 1 aromatic carbocycles. The van der Waals surface area contributed by atoms with Crippen LogP contribution in [0.3, 0.4) is 0 Å². The molecule has 0 saturated carbocycles. The molecule has 126 valence electrons. The monoisotopic (exact) mass is 362 g/mol. The van der Waals surface area contributed by atoms with Gasteiger partial charge in [-0.3, -0.25) is 9.36 Å². The lowest BCUT2D eigenvalue weighted by Crippen LogP contribution is -2.21. The minimum atomic E-state index is 0.0380. The molecule has 0 aliphatic carbocycles. The van der Waals surface area contributed by atoms with Crippen molar-refractivity contribution >= 4 is 33.3 Å². The molecule has 0 N–H and O–H groups in total. The lowest BCUT2D eigenvalue weighted by atomic mass is 10.3. The smallest absolute Gasteiger partial charge is 0.272 e. The number of methoxy groups -OCH3 is 1. The van der Waals surface area contributed by atoms with Crippen molar-refractivity contribution in [1.82, 2.24) is 9.55 Å². The fourth-order valence-electron chi connectivity index (χ4n) is 2.28. The number of benzene rings is 1. The van der Waals surface area contributed by atoms with Gasteiger partial charge in [0.05, 0.1) is 19.2 Å². The summed E-state index contributed by atoms with van der Waals surface area (Å²) in [6.45, 7) is 3.11. The minimum Gasteiger partial charge on any atom is -0.497 e. The minimum absolute atomic E-state index is 0.0380. The van der Waals surface area contributed by atoms with Crippen LogP contribution in [0, 0.1) is 0 Å². The van der Waals surface area contributed by atoms with Gasteiger partial charge in [0.25, 0.3) is 5.56 Å². The summed E-state index contributed by atoms with van der Waals surface area (Å²) in [5.74, 6) is 2.32. The quantitative estimate of drug-likeness (QED) is 0.365. The van der Waals surface area contributed by atoms with Gasteiger partial charge in [-0.1, -0.05) is 11.8 Å². The SMILES string of the molecule is CCn1c(SCCOc2ccc(OC)cc2)nc2ccsc2c1=O. The van der Waals surface area contributed by atoms with E-state index in [-0.39, 0.29) is 5.56 Å². The second-order valence-electron chi connectivity index (χ2n) is 4.95. The van der Waals surface area contributed by atoms with Crippen LogP contribution in [0.1, 0.15) is 6.92 Å². The Bertz CT molecular complexity index is 872. The molecule has 3 rings (SSSR count). The van der Waals surface area contributed by atoms with Crippen molar-refractivity contribution in [1.29, 1.82) is 0 Å². The number of hydrogen-bond acceptors (Lipinski definition) is 6. The van der Waals surface area contributed by atoms with Crippen LogP contribution < -0.4 is 15.0 Å². The van der Waals surface area contributed by atoms with Crippen molar-refractivity contribution in [3.05, 3.63) is 46.1 Å². The molecule has 0 aliphatic heterocycles. The van der Waals surface area contributed by atoms with E-state index in [1.807, 2.05) is 42.6 Å². The van der Waals surface area contributed by atoms with Crippen LogP contribution in [0.15, 0.2) is 45.7 Å². The van der Waals surface area contributed by atoms with Crippen LogP contribution in [-0.2, 0) is 6.54 Å². The van der Waals surface area contributed by atoms with E-state index in [2.05, 4.69) is 4.98 Å². The highest BCUT2D eigenvalue weighted by molar-refractivity contribution is 7.99. The van der Waals surface area contributed by atoms with Crippen LogP contribution in [0.2, 0.25) is 0 Å². The van der Waals surface area contributed by atoms with Gasteiger partial charge in [-0.25, -0.2) is 4.98 Å². The van der Waals surface area contributed by atoms with Gasteiger partial charge in [0.2, 0.25) is 0 Å². The Balaban J connectivity index is 1.63. The Labute approximate surface area is 148 Å². The number of hydrogen-bond donors (Lipinski definition) is 0. The van der Waals surface area contributed by atoms with E-state index in [4.69, 9.17) is 9.47 Å². The first kappa shape index (κ1) is 16.9. The first-order valence-corrected chi connectivity index (χ1v) is 9.47. The van der Waals surface area contributed by atoms with E-state index in [0.29, 0.717) is 18.9 Å². The third-order valence-corrected chi connectivity index (χ3v) is 5.32. The fraction of sp³-hybridized carbons (Fsp3) is 0.294. The van der Waals surface area contributed by atoms with Gasteiger partial charge >= 0.3 is 0 Å². The fourth-order valence-corrected chi connectivity index (χ4v) is 3.94. The molecular formula is C17H18N2O3S2. The predicted molar refractivity (Wildman–Crippen MR) is 98.8 cm³/mol. The number of ether oxygens (including phenoxy) is 2. The highest BCUT2D eigenvalue weighted by Gasteiger charge is 2.11. The van der Waals surface area contributed by atoms with Gasteiger partial charge in [-0.15, -0.1) is 11.3 Å². The van der Waals surface area contributed by atoms with Gasteiger partial charge in [-0.2, -0.15) is 0 Å². The van der Waals surface area contributed by atoms with E-state index >= 15 is 0 Å². The normalized spacial score (nSPS) is 10.9. The Morgan fingerprint density at radius 1 is 1.21 bits per heavy atom. The maximum atomic E-state index is 12.4. The Morgan fingerprint density at radius 3 is 2.67 bits per heavy atom. The molecule has 7 heteroatoms. The number of nitrogens with zero attached hydrogens (tertiary/aromatic N) is 2. The van der Waals surface area contributed by atoms with E-state index in [9.17, 15) is 4.79 Å². The number of fused-ring (bicyclic) bond motifs is 1. The molecule has 0 saturated heterocycles. The van der Waals surface area contributed by atoms with Crippen molar-refractivity contribution in [3.8, 4) is 11.5 Å². The second-order valence-corrected chi connectivity index (χ2v) is 6.93. The zero-order chi connectivity index (χ0) is 16.9. The average molecular weight is 362 g/mol. The summed E-state index contributed by atoms with van der Waals surface area (Å²) < 4.78 is 13.3. The van der Waals surface area contributed by atoms with Crippen molar-refractivity contribution in [2.24, 2.45) is 0 Å². The molecule has 0 unspecified atom stereocenters. The first-order valence-electron chi connectivity index (χ1n) is 7.60. The van der Waals surface area contributed by atoms with Crippen LogP contribution in [0.4, 0.5) is 0 Å². The van der Waals surface area contributed by atoms with Gasteiger partial charge in [-0.05, 0) is 42.6 Å². The largest absolute Gasteiger partial charge is 0.497 e. The van der Waals surface area contributed by atoms with E-state index in [1.165, 1.54) is 23.1 Å². The Morgan fingerprint density at radius 2 is 1.96 bits per heavy atom. The topological polar surface area (TPSA) is 53.4 Å². The number of thiophene rings is 1. The maximum absolute atomic E-state index is 12.4. The summed E-state index contributed by atoms with van der Waals surface area (Å²) in [5, 5.41) is 2.65. The summed E-state index contributed by atoms with van der Waals surface area (Å²) in [6.07, 6.45) is 0. The summed E-state index contributed by atoms with van der Waals surface area (Å²) in [4.78, 5) is 17.0. The number of aromatic nitrogens is 2. The molecule has 3 aromatic rings. The van der Waals surface area contributed by atoms with Crippen molar-refractivity contribution in [2.45, 2.75) is 18.6 Å². The highest BCUT2D eigenvalue weighted by Crippen LogP contribution is 2.21. The summed E-state index contributed by atoms with van der Waals surface area (Å²) in [5.41, 5.74) is 0.810. The van der Waals surface area contributed by atoms with E-state index < -0.39 is 0 Å². The van der Waals surface area contributed by atoms with Crippen molar-refractivity contribution in [2.75, 3.05) is 19.5 Å². The molecule has 2 aromatic heterocycles. The molecule has 0 atom stereocenters. The lowest BCUT2D eigenvalue weighted by molar-refractivity contribution is 0.342. The Hall–Kier alpha value is -1.99. The molecule has 0 fully saturated rings. The Kier molecular flexibility index (Phi) is 5.42. The number of thioether (sulfide) groups is 1. The summed E-state index contributed by atoms with van der Waals surface area (Å²) in [7, 11) is 1.64. The standard InChI is InChI=1S/C17H18N2O3S2/c1-3-19-16(20)15-14(8-10-23-15)18-17(19)24-11-9-22-13-6-4-12(21-2)5-7-13/h4-8,10H,3,9,11H2,1-2H3. The van der Waals surface area contributed by atoms with E-state index in [0.717, 1.165) is 26.9 Å². The van der Waals surface area contributed by atoms with Crippen LogP contribution in [0.5, 0.6) is 11.5 Å². The van der Waals surface area contributed by atoms with Crippen LogP contribution >= 0.6 is 23.1 Å². The van der Waals surface area contributed by atoms with Gasteiger partial charge in [0.1, 0.15) is 16.2 Å². The molecule has 0 amide bonds. The zero-order valence-electron chi connectivity index (χ0n) is 13.5. The van der Waals surface area contributed by atoms with Crippen molar-refractivity contribution in [3.63, 3.8) is 0 Å². The lowest BCUT2D eigenvalue weighted by Gasteiger charge is -2.10. The molecule has 0 spiro atoms. The number of rotatable bonds is 7. The van der Waals surface area contributed by atoms with Gasteiger partial charge in [0.15, 0.2) is 5.16 Å². The molecule has 0 radical (unpaired) electrons. The van der Waals surface area contributed by atoms with Crippen LogP contribution in [-0.4, -0.2) is 29.0 Å². The molecule has 0 aliphatic rings. The average Bonchev–Trinajstić information content (AvgIpc) is 3.08. The second kappa shape index (κ2) is 7.72. The summed E-state index contributed by atoms with van der Waals surface area (Å²) >= 11 is 2.98. The zero-order valence-corrected chi connectivity index (χ0v) is 15.2. The first-order chi connectivity index (χ1) is 11.7. The third-order valence-electron chi connectivity index (χ3n) is 3.49. The van der Waals surface area contributed by atoms with E-state index in [1.54, 1.807) is 11.7 Å². The third kappa shape index (κ3) is 3.57. The van der Waals surface area contributed by atoms with Crippen molar-refractivity contribution < 1.29 is 9.47 Å². The van der Waals surface area contributed by atoms with Gasteiger partial charge in [0, 0.05) is 12.3 Å².